The van der Waals surface area contributed by atoms with Crippen molar-refractivity contribution in [3.05, 3.63) is 60.6 Å². The number of H-pyrrole nitrogens is 2. The molecule has 1 aromatic heterocycles. The van der Waals surface area contributed by atoms with Crippen LogP contribution in [-0.2, 0) is 0 Å². The molecule has 1 amide bonds. The Hall–Kier alpha value is -2.32. The molecule has 1 heterocycles. The Kier molecular flexibility index (Phi) is 5.63. The quantitative estimate of drug-likeness (QED) is 0.739. The molecule has 0 saturated carbocycles. The highest BCUT2D eigenvalue weighted by atomic mass is 35.5. The molecule has 1 atom stereocenters. The third-order valence-corrected chi connectivity index (χ3v) is 3.38. The third-order valence-electron chi connectivity index (χ3n) is 2.82. The lowest BCUT2D eigenvalue weighted by atomic mass is 10.3. The number of hydrogen-bond acceptors (Lipinski definition) is 4. The molecule has 0 bridgehead atoms. The monoisotopic (exact) mass is 375 g/mol. The Morgan fingerprint density at radius 3 is 2.46 bits per heavy atom. The van der Waals surface area contributed by atoms with Crippen LogP contribution in [0.1, 0.15) is 17.4 Å². The number of aromatic nitrogens is 2. The molecule has 1 unspecified atom stereocenters. The highest BCUT2D eigenvalue weighted by Crippen LogP contribution is 2.33. The van der Waals surface area contributed by atoms with Gasteiger partial charge in [-0.3, -0.25) is 14.6 Å². The van der Waals surface area contributed by atoms with E-state index in [-0.39, 0.29) is 28.1 Å². The number of nitrogens with one attached hydrogen (secondary N) is 3. The molecule has 3 N–H and O–H groups in total. The summed E-state index contributed by atoms with van der Waals surface area (Å²) < 4.78 is 18.5. The summed E-state index contributed by atoms with van der Waals surface area (Å²) in [6.45, 7) is 1.60. The van der Waals surface area contributed by atoms with Crippen LogP contribution in [-0.4, -0.2) is 28.5 Å². The second kappa shape index (κ2) is 7.50. The van der Waals surface area contributed by atoms with E-state index >= 15 is 0 Å². The van der Waals surface area contributed by atoms with E-state index in [1.165, 1.54) is 0 Å². The van der Waals surface area contributed by atoms with Gasteiger partial charge >= 0.3 is 5.69 Å². The molecule has 24 heavy (non-hydrogen) atoms. The summed E-state index contributed by atoms with van der Waals surface area (Å²) in [6, 6.07) is 2.54. The summed E-state index contributed by atoms with van der Waals surface area (Å²) in [4.78, 5) is 38.4. The molecule has 0 radical (unpaired) electrons. The highest BCUT2D eigenvalue weighted by molar-refractivity contribution is 6.37. The van der Waals surface area contributed by atoms with E-state index in [1.54, 1.807) is 6.92 Å². The second-order valence-corrected chi connectivity index (χ2v) is 5.70. The predicted octanol–water partition coefficient (Wildman–Crippen LogP) is 1.71. The summed E-state index contributed by atoms with van der Waals surface area (Å²) >= 11 is 11.7. The first-order valence-corrected chi connectivity index (χ1v) is 7.43. The number of benzene rings is 1. The SMILES string of the molecule is CC(COc1c(Cl)cc(F)cc1Cl)NC(=O)c1cc(=O)[nH]c(=O)[nH]1. The molecule has 2 rings (SSSR count). The van der Waals surface area contributed by atoms with Crippen LogP contribution in [0.2, 0.25) is 10.0 Å². The first kappa shape index (κ1) is 18.0. The maximum atomic E-state index is 13.1. The van der Waals surface area contributed by atoms with Gasteiger partial charge in [0.25, 0.3) is 11.5 Å². The Morgan fingerprint density at radius 1 is 1.25 bits per heavy atom. The summed E-state index contributed by atoms with van der Waals surface area (Å²) in [6.07, 6.45) is 0. The van der Waals surface area contributed by atoms with Crippen LogP contribution in [0.3, 0.4) is 0 Å². The van der Waals surface area contributed by atoms with Crippen LogP contribution in [0.5, 0.6) is 5.75 Å². The summed E-state index contributed by atoms with van der Waals surface area (Å²) in [7, 11) is 0. The van der Waals surface area contributed by atoms with Gasteiger partial charge in [0.2, 0.25) is 0 Å². The Morgan fingerprint density at radius 2 is 1.88 bits per heavy atom. The first-order chi connectivity index (χ1) is 11.3. The molecule has 0 spiro atoms. The average Bonchev–Trinajstić information content (AvgIpc) is 2.44. The van der Waals surface area contributed by atoms with Gasteiger partial charge in [-0.05, 0) is 19.1 Å². The lowest BCUT2D eigenvalue weighted by Crippen LogP contribution is -2.39. The molecule has 10 heteroatoms. The van der Waals surface area contributed by atoms with Gasteiger partial charge in [0.15, 0.2) is 5.75 Å². The fraction of sp³-hybridized carbons (Fsp3) is 0.214. The van der Waals surface area contributed by atoms with Gasteiger partial charge < -0.3 is 15.0 Å². The number of rotatable bonds is 5. The number of aromatic amines is 2. The van der Waals surface area contributed by atoms with E-state index in [0.717, 1.165) is 18.2 Å². The Labute approximate surface area is 144 Å². The molecule has 0 fully saturated rings. The second-order valence-electron chi connectivity index (χ2n) is 4.89. The summed E-state index contributed by atoms with van der Waals surface area (Å²) in [5.41, 5.74) is -1.67. The molecular weight excluding hydrogens is 364 g/mol. The zero-order chi connectivity index (χ0) is 17.9. The predicted molar refractivity (Wildman–Crippen MR) is 86.5 cm³/mol. The summed E-state index contributed by atoms with van der Waals surface area (Å²) in [5, 5.41) is 2.52. The molecule has 0 saturated heterocycles. The zero-order valence-electron chi connectivity index (χ0n) is 12.3. The van der Waals surface area contributed by atoms with Gasteiger partial charge in [0, 0.05) is 6.07 Å². The minimum absolute atomic E-state index is 0.00236. The van der Waals surface area contributed by atoms with Crippen LogP contribution in [0.15, 0.2) is 27.8 Å². The minimum atomic E-state index is -0.790. The van der Waals surface area contributed by atoms with E-state index in [4.69, 9.17) is 27.9 Å². The van der Waals surface area contributed by atoms with Gasteiger partial charge in [-0.15, -0.1) is 0 Å². The number of carbonyl (C=O) groups is 1. The van der Waals surface area contributed by atoms with Crippen LogP contribution in [0, 0.1) is 5.82 Å². The Balaban J connectivity index is 2.01. The average molecular weight is 376 g/mol. The van der Waals surface area contributed by atoms with Crippen molar-refractivity contribution < 1.29 is 13.9 Å². The van der Waals surface area contributed by atoms with Crippen molar-refractivity contribution in [1.29, 1.82) is 0 Å². The van der Waals surface area contributed by atoms with Gasteiger partial charge in [0.1, 0.15) is 18.1 Å². The molecule has 2 aromatic rings. The smallest absolute Gasteiger partial charge is 0.326 e. The third kappa shape index (κ3) is 4.59. The van der Waals surface area contributed by atoms with E-state index in [9.17, 15) is 18.8 Å². The summed E-state index contributed by atoms with van der Waals surface area (Å²) in [5.74, 6) is -1.17. The van der Waals surface area contributed by atoms with Crippen LogP contribution >= 0.6 is 23.2 Å². The molecule has 0 aliphatic carbocycles. The number of carbonyl (C=O) groups excluding carboxylic acids is 1. The zero-order valence-corrected chi connectivity index (χ0v) is 13.8. The first-order valence-electron chi connectivity index (χ1n) is 6.68. The lowest BCUT2D eigenvalue weighted by molar-refractivity contribution is 0.0921. The standard InChI is InChI=1S/C14H12Cl2FN3O4/c1-6(5-24-12-8(15)2-7(17)3-9(12)16)18-13(22)10-4-11(21)20-14(23)19-10/h2-4,6H,5H2,1H3,(H,18,22)(H2,19,20,21,23). The van der Waals surface area contributed by atoms with Crippen LogP contribution in [0.25, 0.3) is 0 Å². The van der Waals surface area contributed by atoms with E-state index in [1.807, 2.05) is 4.98 Å². The molecule has 128 valence electrons. The van der Waals surface area contributed by atoms with Gasteiger partial charge in [-0.1, -0.05) is 23.2 Å². The minimum Gasteiger partial charge on any atom is -0.488 e. The van der Waals surface area contributed by atoms with Crippen molar-refractivity contribution in [2.75, 3.05) is 6.61 Å². The van der Waals surface area contributed by atoms with Crippen molar-refractivity contribution in [2.24, 2.45) is 0 Å². The highest BCUT2D eigenvalue weighted by Gasteiger charge is 2.15. The molecule has 7 nitrogen and oxygen atoms in total. The molecule has 0 aliphatic heterocycles. The molecule has 1 aromatic carbocycles. The van der Waals surface area contributed by atoms with E-state index in [2.05, 4.69) is 10.3 Å². The van der Waals surface area contributed by atoms with Gasteiger partial charge in [-0.2, -0.15) is 0 Å². The van der Waals surface area contributed by atoms with Crippen LogP contribution < -0.4 is 21.3 Å². The van der Waals surface area contributed by atoms with E-state index < -0.39 is 29.0 Å². The maximum Gasteiger partial charge on any atom is 0.326 e. The lowest BCUT2D eigenvalue weighted by Gasteiger charge is -2.16. The largest absolute Gasteiger partial charge is 0.488 e. The number of amides is 1. The van der Waals surface area contributed by atoms with E-state index in [0.29, 0.717) is 0 Å². The number of hydrogen-bond donors (Lipinski definition) is 3. The normalized spacial score (nSPS) is 11.8. The topological polar surface area (TPSA) is 104 Å². The van der Waals surface area contributed by atoms with Crippen molar-refractivity contribution in [3.8, 4) is 5.75 Å². The van der Waals surface area contributed by atoms with Crippen molar-refractivity contribution in [1.82, 2.24) is 15.3 Å². The fourth-order valence-electron chi connectivity index (χ4n) is 1.81. The number of halogens is 3. The van der Waals surface area contributed by atoms with Gasteiger partial charge in [-0.25, -0.2) is 9.18 Å². The number of ether oxygens (including phenoxy) is 1. The van der Waals surface area contributed by atoms with Crippen LogP contribution in [0.4, 0.5) is 4.39 Å². The van der Waals surface area contributed by atoms with Crippen molar-refractivity contribution in [2.45, 2.75) is 13.0 Å². The van der Waals surface area contributed by atoms with Crippen molar-refractivity contribution >= 4 is 29.1 Å². The Bertz CT molecular complexity index is 830. The molecule has 0 aliphatic rings. The molecular formula is C14H12Cl2FN3O4. The fourth-order valence-corrected chi connectivity index (χ4v) is 2.38. The van der Waals surface area contributed by atoms with Gasteiger partial charge in [0.05, 0.1) is 16.1 Å². The van der Waals surface area contributed by atoms with Crippen molar-refractivity contribution in [3.63, 3.8) is 0 Å². The maximum absolute atomic E-state index is 13.1.